The number of aliphatic hydroxyl groups excluding tert-OH is 1. The number of rotatable bonds is 15. The highest BCUT2D eigenvalue weighted by atomic mass is 16.3. The van der Waals surface area contributed by atoms with Gasteiger partial charge < -0.3 is 15.3 Å². The molecule has 0 amide bonds. The molecule has 1 rings (SSSR count). The molecule has 23 heavy (non-hydrogen) atoms. The van der Waals surface area contributed by atoms with Crippen molar-refractivity contribution in [2.75, 3.05) is 0 Å². The molecular weight excluding hydrogens is 284 g/mol. The summed E-state index contributed by atoms with van der Waals surface area (Å²) in [7, 11) is 0. The van der Waals surface area contributed by atoms with Gasteiger partial charge in [0, 0.05) is 12.4 Å². The fraction of sp³-hybridized carbons (Fsp3) is 0.900. The van der Waals surface area contributed by atoms with Crippen LogP contribution in [0.5, 0.6) is 0 Å². The molecule has 0 aromatic carbocycles. The Morgan fingerprint density at radius 2 is 1.35 bits per heavy atom. The fourth-order valence-corrected chi connectivity index (χ4v) is 3.40. The van der Waals surface area contributed by atoms with Gasteiger partial charge in [-0.15, -0.1) is 0 Å². The van der Waals surface area contributed by atoms with Crippen molar-refractivity contribution < 1.29 is 5.11 Å². The molecule has 0 bridgehead atoms. The van der Waals surface area contributed by atoms with Gasteiger partial charge in [0.05, 0.1) is 0 Å². The molecule has 0 radical (unpaired) electrons. The molecule has 0 aromatic heterocycles. The molecule has 0 saturated heterocycles. The molecule has 2 unspecified atom stereocenters. The molecule has 1 aliphatic heterocycles. The molecule has 2 N–H and O–H groups in total. The maximum absolute atomic E-state index is 9.66. The second-order valence-electron chi connectivity index (χ2n) is 7.11. The maximum atomic E-state index is 9.66. The Hall–Kier alpha value is -0.700. The van der Waals surface area contributed by atoms with Gasteiger partial charge in [-0.25, -0.2) is 0 Å². The van der Waals surface area contributed by atoms with Crippen LogP contribution in [0.4, 0.5) is 0 Å². The molecule has 2 atom stereocenters. The van der Waals surface area contributed by atoms with Crippen molar-refractivity contribution in [3.63, 3.8) is 0 Å². The van der Waals surface area contributed by atoms with Gasteiger partial charge >= 0.3 is 0 Å². The van der Waals surface area contributed by atoms with E-state index >= 15 is 0 Å². The summed E-state index contributed by atoms with van der Waals surface area (Å²) >= 11 is 0. The second-order valence-corrected chi connectivity index (χ2v) is 7.11. The van der Waals surface area contributed by atoms with E-state index in [9.17, 15) is 5.11 Å². The van der Waals surface area contributed by atoms with E-state index in [4.69, 9.17) is 0 Å². The zero-order chi connectivity index (χ0) is 16.8. The smallest absolute Gasteiger partial charge is 0.125 e. The maximum Gasteiger partial charge on any atom is 0.125 e. The number of nitrogens with zero attached hydrogens (tertiary/aromatic N) is 1. The molecule has 0 aromatic rings. The molecule has 0 saturated carbocycles. The highest BCUT2D eigenvalue weighted by molar-refractivity contribution is 4.94. The van der Waals surface area contributed by atoms with Crippen molar-refractivity contribution in [1.29, 1.82) is 0 Å². The summed E-state index contributed by atoms with van der Waals surface area (Å²) in [6.45, 7) is 4.11. The van der Waals surface area contributed by atoms with Gasteiger partial charge in [0.1, 0.15) is 12.4 Å². The summed E-state index contributed by atoms with van der Waals surface area (Å²) in [6, 6.07) is 0. The highest BCUT2D eigenvalue weighted by Gasteiger charge is 2.20. The van der Waals surface area contributed by atoms with Crippen molar-refractivity contribution >= 4 is 0 Å². The summed E-state index contributed by atoms with van der Waals surface area (Å²) in [5, 5.41) is 13.0. The summed E-state index contributed by atoms with van der Waals surface area (Å²) in [6.07, 6.45) is 23.1. The molecule has 1 aliphatic rings. The van der Waals surface area contributed by atoms with E-state index in [1.807, 2.05) is 24.2 Å². The Bertz CT molecular complexity index is 291. The van der Waals surface area contributed by atoms with Crippen LogP contribution >= 0.6 is 0 Å². The minimum atomic E-state index is -0.395. The number of unbranched alkanes of at least 4 members (excludes halogenated alkanes) is 12. The molecule has 3 heteroatoms. The zero-order valence-corrected chi connectivity index (χ0v) is 15.6. The van der Waals surface area contributed by atoms with E-state index in [1.54, 1.807) is 0 Å². The van der Waals surface area contributed by atoms with Gasteiger partial charge in [0.2, 0.25) is 0 Å². The highest BCUT2D eigenvalue weighted by Crippen LogP contribution is 2.16. The predicted molar refractivity (Wildman–Crippen MR) is 99.9 cm³/mol. The van der Waals surface area contributed by atoms with Gasteiger partial charge in [-0.1, -0.05) is 84.0 Å². The van der Waals surface area contributed by atoms with Crippen LogP contribution in [0.2, 0.25) is 0 Å². The molecule has 3 nitrogen and oxygen atoms in total. The lowest BCUT2D eigenvalue weighted by Gasteiger charge is -2.28. The van der Waals surface area contributed by atoms with Crippen LogP contribution < -0.4 is 5.32 Å². The lowest BCUT2D eigenvalue weighted by Crippen LogP contribution is -2.40. The summed E-state index contributed by atoms with van der Waals surface area (Å²) in [4.78, 5) is 2.00. The first-order valence-electron chi connectivity index (χ1n) is 10.1. The van der Waals surface area contributed by atoms with Gasteiger partial charge in [0.15, 0.2) is 0 Å². The van der Waals surface area contributed by atoms with Crippen LogP contribution in [0.1, 0.15) is 104 Å². The summed E-state index contributed by atoms with van der Waals surface area (Å²) in [5.74, 6) is 0. The topological polar surface area (TPSA) is 35.5 Å². The lowest BCUT2D eigenvalue weighted by atomic mass is 10.0. The Labute approximate surface area is 144 Å². The normalized spacial score (nSPS) is 18.4. The first kappa shape index (κ1) is 20.3. The monoisotopic (exact) mass is 324 g/mol. The van der Waals surface area contributed by atoms with Crippen molar-refractivity contribution in [2.24, 2.45) is 0 Å². The van der Waals surface area contributed by atoms with Gasteiger partial charge in [-0.3, -0.25) is 0 Å². The summed E-state index contributed by atoms with van der Waals surface area (Å²) in [5.41, 5.74) is 0. The second kappa shape index (κ2) is 13.7. The van der Waals surface area contributed by atoms with Gasteiger partial charge in [-0.05, 0) is 19.8 Å². The van der Waals surface area contributed by atoms with Crippen LogP contribution in [0.3, 0.4) is 0 Å². The molecule has 0 aliphatic carbocycles. The average molecular weight is 325 g/mol. The Balaban J connectivity index is 1.80. The average Bonchev–Trinajstić information content (AvgIpc) is 3.00. The van der Waals surface area contributed by atoms with Crippen LogP contribution in [0, 0.1) is 0 Å². The zero-order valence-electron chi connectivity index (χ0n) is 15.6. The largest absolute Gasteiger partial charge is 0.374 e. The molecule has 1 heterocycles. The number of aliphatic hydroxyl groups is 1. The van der Waals surface area contributed by atoms with E-state index in [2.05, 4.69) is 12.2 Å². The van der Waals surface area contributed by atoms with Gasteiger partial charge in [0.25, 0.3) is 0 Å². The standard InChI is InChI=1S/C20H40N2O/c1-3-4-5-6-7-8-9-10-11-12-13-14-15-16-20-21-17-18-22(20)19(2)23/h17-21,23H,3-16H2,1-2H3. The van der Waals surface area contributed by atoms with E-state index in [1.165, 1.54) is 83.5 Å². The predicted octanol–water partition coefficient (Wildman–Crippen LogP) is 5.51. The van der Waals surface area contributed by atoms with E-state index < -0.39 is 6.23 Å². The Morgan fingerprint density at radius 1 is 0.870 bits per heavy atom. The van der Waals surface area contributed by atoms with Crippen LogP contribution in [-0.2, 0) is 0 Å². The van der Waals surface area contributed by atoms with Crippen LogP contribution in [-0.4, -0.2) is 22.4 Å². The minimum Gasteiger partial charge on any atom is -0.374 e. The van der Waals surface area contributed by atoms with Crippen LogP contribution in [0.15, 0.2) is 12.4 Å². The third-order valence-corrected chi connectivity index (χ3v) is 4.91. The third kappa shape index (κ3) is 9.91. The quantitative estimate of drug-likeness (QED) is 0.390. The SMILES string of the molecule is CCCCCCCCCCCCCCCC1NC=CN1C(C)O. The Kier molecular flexibility index (Phi) is 12.1. The molecule has 136 valence electrons. The first-order valence-corrected chi connectivity index (χ1v) is 10.1. The number of hydrogen-bond acceptors (Lipinski definition) is 3. The lowest BCUT2D eigenvalue weighted by molar-refractivity contribution is 0.0254. The molecular formula is C20H40N2O. The van der Waals surface area contributed by atoms with Gasteiger partial charge in [-0.2, -0.15) is 0 Å². The number of hydrogen-bond donors (Lipinski definition) is 2. The Morgan fingerprint density at radius 3 is 1.83 bits per heavy atom. The van der Waals surface area contributed by atoms with E-state index in [0.717, 1.165) is 6.42 Å². The van der Waals surface area contributed by atoms with Crippen molar-refractivity contribution in [1.82, 2.24) is 10.2 Å². The summed E-state index contributed by atoms with van der Waals surface area (Å²) < 4.78 is 0. The number of nitrogens with one attached hydrogen (secondary N) is 1. The van der Waals surface area contributed by atoms with Crippen molar-refractivity contribution in [3.05, 3.63) is 12.4 Å². The van der Waals surface area contributed by atoms with Crippen molar-refractivity contribution in [2.45, 2.75) is 116 Å². The molecule has 0 fully saturated rings. The fourth-order valence-electron chi connectivity index (χ4n) is 3.40. The van der Waals surface area contributed by atoms with Crippen molar-refractivity contribution in [3.8, 4) is 0 Å². The van der Waals surface area contributed by atoms with E-state index in [0.29, 0.717) is 6.17 Å². The third-order valence-electron chi connectivity index (χ3n) is 4.91. The first-order chi connectivity index (χ1) is 11.3. The van der Waals surface area contributed by atoms with Crippen LogP contribution in [0.25, 0.3) is 0 Å². The minimum absolute atomic E-state index is 0.294. The molecule has 0 spiro atoms. The van der Waals surface area contributed by atoms with E-state index in [-0.39, 0.29) is 0 Å².